The molecule has 124 valence electrons. The highest BCUT2D eigenvalue weighted by Gasteiger charge is 2.22. The van der Waals surface area contributed by atoms with Gasteiger partial charge in [0.05, 0.1) is 17.6 Å². The molecule has 0 radical (unpaired) electrons. The van der Waals surface area contributed by atoms with Crippen LogP contribution in [0.3, 0.4) is 0 Å². The summed E-state index contributed by atoms with van der Waals surface area (Å²) in [4.78, 5) is 0. The number of aryl methyl sites for hydroxylation is 1. The maximum Gasteiger partial charge on any atom is 0.0730 e. The van der Waals surface area contributed by atoms with Crippen LogP contribution in [0.25, 0.3) is 22.7 Å². The summed E-state index contributed by atoms with van der Waals surface area (Å²) in [5.74, 6) is 0.517. The minimum Gasteiger partial charge on any atom is -0.396 e. The van der Waals surface area contributed by atoms with Crippen molar-refractivity contribution >= 4 is 17.0 Å². The lowest BCUT2D eigenvalue weighted by Gasteiger charge is -2.16. The number of benzene rings is 1. The van der Waals surface area contributed by atoms with Gasteiger partial charge in [-0.25, -0.2) is 4.68 Å². The van der Waals surface area contributed by atoms with Crippen LogP contribution in [-0.2, 0) is 13.0 Å². The van der Waals surface area contributed by atoms with Gasteiger partial charge in [-0.3, -0.25) is 0 Å². The van der Waals surface area contributed by atoms with Gasteiger partial charge < -0.3 is 9.67 Å². The van der Waals surface area contributed by atoms with E-state index in [0.717, 1.165) is 24.3 Å². The Morgan fingerprint density at radius 1 is 1.33 bits per heavy atom. The number of aromatic nitrogens is 4. The molecule has 0 bridgehead atoms. The average Bonchev–Trinajstić information content (AvgIpc) is 3.17. The van der Waals surface area contributed by atoms with E-state index < -0.39 is 0 Å². The van der Waals surface area contributed by atoms with Gasteiger partial charge in [0.25, 0.3) is 0 Å². The molecule has 1 aliphatic rings. The number of allylic oxidation sites excluding steroid dienone is 1. The standard InChI is InChI=1S/C19H22N4O/c1-3-22-17-8-7-14(23-15(9-10-24)12-20-21-23)11-16(17)19-13(2)5-4-6-18(19)22/h4,6-8,11-13,24H,3,5,9-10H2,1-2H3. The highest BCUT2D eigenvalue weighted by molar-refractivity contribution is 5.91. The lowest BCUT2D eigenvalue weighted by atomic mass is 9.90. The summed E-state index contributed by atoms with van der Waals surface area (Å²) in [5, 5.41) is 18.7. The van der Waals surface area contributed by atoms with Crippen LogP contribution in [0.15, 0.2) is 30.5 Å². The van der Waals surface area contributed by atoms with Crippen molar-refractivity contribution in [2.24, 2.45) is 0 Å². The van der Waals surface area contributed by atoms with E-state index >= 15 is 0 Å². The third-order valence-corrected chi connectivity index (χ3v) is 4.93. The predicted molar refractivity (Wildman–Crippen MR) is 95.4 cm³/mol. The summed E-state index contributed by atoms with van der Waals surface area (Å²) in [6.45, 7) is 5.54. The molecule has 1 N–H and O–H groups in total. The molecule has 4 rings (SSSR count). The Kier molecular flexibility index (Phi) is 3.73. The molecule has 1 atom stereocenters. The normalized spacial score (nSPS) is 16.7. The SMILES string of the molecule is CCn1c2c(c3cc(-n4nncc4CCO)ccc31)C(C)CC=C2. The second-order valence-corrected chi connectivity index (χ2v) is 6.39. The number of aliphatic hydroxyl groups is 1. The monoisotopic (exact) mass is 322 g/mol. The predicted octanol–water partition coefficient (Wildman–Crippen LogP) is 3.30. The zero-order valence-electron chi connectivity index (χ0n) is 14.1. The molecular weight excluding hydrogens is 300 g/mol. The fourth-order valence-corrected chi connectivity index (χ4v) is 3.82. The van der Waals surface area contributed by atoms with E-state index in [9.17, 15) is 5.11 Å². The van der Waals surface area contributed by atoms with Gasteiger partial charge in [0, 0.05) is 36.2 Å². The van der Waals surface area contributed by atoms with Crippen LogP contribution in [0.1, 0.15) is 43.1 Å². The summed E-state index contributed by atoms with van der Waals surface area (Å²) in [6.07, 6.45) is 7.89. The molecule has 2 aromatic heterocycles. The first kappa shape index (κ1) is 15.1. The van der Waals surface area contributed by atoms with Crippen LogP contribution in [0.2, 0.25) is 0 Å². The van der Waals surface area contributed by atoms with E-state index in [2.05, 4.69) is 59.1 Å². The average molecular weight is 322 g/mol. The molecule has 0 saturated carbocycles. The molecule has 0 spiro atoms. The zero-order chi connectivity index (χ0) is 16.7. The second-order valence-electron chi connectivity index (χ2n) is 6.39. The van der Waals surface area contributed by atoms with Crippen LogP contribution in [0.5, 0.6) is 0 Å². The molecule has 0 saturated heterocycles. The maximum atomic E-state index is 9.23. The van der Waals surface area contributed by atoms with E-state index in [1.54, 1.807) is 6.20 Å². The minimum atomic E-state index is 0.0963. The van der Waals surface area contributed by atoms with Gasteiger partial charge in [-0.2, -0.15) is 0 Å². The van der Waals surface area contributed by atoms with Crippen molar-refractivity contribution in [2.45, 2.75) is 39.2 Å². The van der Waals surface area contributed by atoms with Crippen LogP contribution in [-0.4, -0.2) is 31.3 Å². The molecule has 0 fully saturated rings. The molecule has 2 heterocycles. The molecule has 1 unspecified atom stereocenters. The molecule has 24 heavy (non-hydrogen) atoms. The summed E-state index contributed by atoms with van der Waals surface area (Å²) in [5.41, 5.74) is 5.96. The maximum absolute atomic E-state index is 9.23. The first-order valence-electron chi connectivity index (χ1n) is 8.58. The van der Waals surface area contributed by atoms with Gasteiger partial charge in [0.1, 0.15) is 0 Å². The second kappa shape index (κ2) is 5.91. The molecule has 5 nitrogen and oxygen atoms in total. The lowest BCUT2D eigenvalue weighted by Crippen LogP contribution is -2.04. The molecular formula is C19H22N4O. The first-order valence-corrected chi connectivity index (χ1v) is 8.58. The van der Waals surface area contributed by atoms with E-state index in [0.29, 0.717) is 12.3 Å². The minimum absolute atomic E-state index is 0.0963. The number of aliphatic hydroxyl groups excluding tert-OH is 1. The number of hydrogen-bond donors (Lipinski definition) is 1. The Bertz CT molecular complexity index is 919. The van der Waals surface area contributed by atoms with Crippen LogP contribution < -0.4 is 0 Å². The zero-order valence-corrected chi connectivity index (χ0v) is 14.1. The van der Waals surface area contributed by atoms with Crippen LogP contribution in [0.4, 0.5) is 0 Å². The first-order chi connectivity index (χ1) is 11.7. The Hall–Kier alpha value is -2.40. The third-order valence-electron chi connectivity index (χ3n) is 4.93. The van der Waals surface area contributed by atoms with Crippen molar-refractivity contribution < 1.29 is 5.11 Å². The Labute approximate surface area is 141 Å². The Balaban J connectivity index is 1.94. The fourth-order valence-electron chi connectivity index (χ4n) is 3.82. The number of fused-ring (bicyclic) bond motifs is 3. The number of rotatable bonds is 4. The third kappa shape index (κ3) is 2.19. The summed E-state index contributed by atoms with van der Waals surface area (Å²) in [7, 11) is 0. The number of hydrogen-bond acceptors (Lipinski definition) is 3. The molecule has 0 aliphatic heterocycles. The van der Waals surface area contributed by atoms with Crippen molar-refractivity contribution in [1.82, 2.24) is 19.6 Å². The summed E-state index contributed by atoms with van der Waals surface area (Å²) >= 11 is 0. The van der Waals surface area contributed by atoms with Gasteiger partial charge in [0.2, 0.25) is 0 Å². The largest absolute Gasteiger partial charge is 0.396 e. The van der Waals surface area contributed by atoms with Crippen molar-refractivity contribution in [3.05, 3.63) is 47.4 Å². The smallest absolute Gasteiger partial charge is 0.0730 e. The van der Waals surface area contributed by atoms with Crippen molar-refractivity contribution in [3.63, 3.8) is 0 Å². The van der Waals surface area contributed by atoms with E-state index in [-0.39, 0.29) is 6.61 Å². The van der Waals surface area contributed by atoms with Crippen molar-refractivity contribution in [1.29, 1.82) is 0 Å². The Morgan fingerprint density at radius 2 is 2.21 bits per heavy atom. The Morgan fingerprint density at radius 3 is 3.00 bits per heavy atom. The van der Waals surface area contributed by atoms with Gasteiger partial charge in [-0.1, -0.05) is 18.2 Å². The van der Waals surface area contributed by atoms with E-state index in [4.69, 9.17) is 0 Å². The van der Waals surface area contributed by atoms with Crippen molar-refractivity contribution in [2.75, 3.05) is 6.61 Å². The van der Waals surface area contributed by atoms with Crippen LogP contribution >= 0.6 is 0 Å². The van der Waals surface area contributed by atoms with E-state index in [1.807, 2.05) is 4.68 Å². The topological polar surface area (TPSA) is 55.9 Å². The molecule has 0 amide bonds. The van der Waals surface area contributed by atoms with Gasteiger partial charge >= 0.3 is 0 Å². The highest BCUT2D eigenvalue weighted by Crippen LogP contribution is 2.38. The fraction of sp³-hybridized carbons (Fsp3) is 0.368. The van der Waals surface area contributed by atoms with Crippen LogP contribution in [0, 0.1) is 0 Å². The van der Waals surface area contributed by atoms with Gasteiger partial charge in [0.15, 0.2) is 0 Å². The quantitative estimate of drug-likeness (QED) is 0.802. The molecule has 3 aromatic rings. The van der Waals surface area contributed by atoms with Gasteiger partial charge in [-0.05, 0) is 49.1 Å². The summed E-state index contributed by atoms with van der Waals surface area (Å²) in [6, 6.07) is 6.48. The van der Waals surface area contributed by atoms with Gasteiger partial charge in [-0.15, -0.1) is 5.10 Å². The molecule has 1 aromatic carbocycles. The molecule has 1 aliphatic carbocycles. The number of nitrogens with zero attached hydrogens (tertiary/aromatic N) is 4. The lowest BCUT2D eigenvalue weighted by molar-refractivity contribution is 0.297. The molecule has 5 heteroatoms. The highest BCUT2D eigenvalue weighted by atomic mass is 16.3. The summed E-state index contributed by atoms with van der Waals surface area (Å²) < 4.78 is 4.21. The van der Waals surface area contributed by atoms with Crippen molar-refractivity contribution in [3.8, 4) is 5.69 Å². The van der Waals surface area contributed by atoms with E-state index in [1.165, 1.54) is 22.2 Å².